The molecule has 0 bridgehead atoms. The van der Waals surface area contributed by atoms with Crippen LogP contribution in [0.15, 0.2) is 18.2 Å². The number of hydrogen-bond acceptors (Lipinski definition) is 5. The Bertz CT molecular complexity index is 683. The van der Waals surface area contributed by atoms with Gasteiger partial charge < -0.3 is 14.4 Å². The summed E-state index contributed by atoms with van der Waals surface area (Å²) in [5.41, 5.74) is 2.13. The Morgan fingerprint density at radius 2 is 1.84 bits per heavy atom. The zero-order chi connectivity index (χ0) is 18.4. The Hall–Kier alpha value is -2.24. The first-order valence-corrected chi connectivity index (χ1v) is 8.72. The summed E-state index contributed by atoms with van der Waals surface area (Å²) in [6, 6.07) is 5.86. The minimum atomic E-state index is -0.500. The molecule has 2 aliphatic rings. The first kappa shape index (κ1) is 17.6. The molecule has 1 saturated heterocycles. The number of fused-ring (bicyclic) bond motifs is 1. The van der Waals surface area contributed by atoms with Crippen molar-refractivity contribution in [1.29, 1.82) is 0 Å². The van der Waals surface area contributed by atoms with Crippen LogP contribution in [0.5, 0.6) is 0 Å². The molecule has 136 valence electrons. The van der Waals surface area contributed by atoms with Gasteiger partial charge in [0.15, 0.2) is 0 Å². The lowest BCUT2D eigenvalue weighted by Crippen LogP contribution is -2.59. The summed E-state index contributed by atoms with van der Waals surface area (Å²) in [6.45, 7) is 11.5. The number of esters is 1. The molecule has 0 saturated carbocycles. The van der Waals surface area contributed by atoms with E-state index in [1.54, 1.807) is 0 Å². The topological polar surface area (TPSA) is 59.1 Å². The number of piperazine rings is 1. The molecule has 6 heteroatoms. The van der Waals surface area contributed by atoms with Crippen LogP contribution in [0.2, 0.25) is 0 Å². The van der Waals surface area contributed by atoms with Crippen LogP contribution in [0, 0.1) is 0 Å². The number of hydrogen-bond donors (Lipinski definition) is 0. The number of rotatable bonds is 1. The van der Waals surface area contributed by atoms with E-state index in [1.807, 2.05) is 57.7 Å². The standard InChI is InChI=1S/C19H26N2O4/c1-12-9-20(10-13(2)21(12)18(23)25-19(3,4)5)15-6-7-16-14(8-15)11-24-17(16)22/h6-8,12-13H,9-11H2,1-5H3. The Kier molecular flexibility index (Phi) is 4.39. The predicted molar refractivity (Wildman–Crippen MR) is 94.8 cm³/mol. The van der Waals surface area contributed by atoms with Gasteiger partial charge in [-0.1, -0.05) is 0 Å². The van der Waals surface area contributed by atoms with Crippen LogP contribution in [0.25, 0.3) is 0 Å². The second-order valence-corrected chi connectivity index (χ2v) is 7.91. The van der Waals surface area contributed by atoms with E-state index in [-0.39, 0.29) is 24.1 Å². The Morgan fingerprint density at radius 1 is 1.20 bits per heavy atom. The number of benzene rings is 1. The summed E-state index contributed by atoms with van der Waals surface area (Å²) in [4.78, 5) is 28.2. The van der Waals surface area contributed by atoms with Gasteiger partial charge in [0.05, 0.1) is 17.6 Å². The molecule has 2 atom stereocenters. The fourth-order valence-corrected chi connectivity index (χ4v) is 3.52. The van der Waals surface area contributed by atoms with Gasteiger partial charge in [0, 0.05) is 24.3 Å². The molecule has 2 unspecified atom stereocenters. The van der Waals surface area contributed by atoms with Crippen LogP contribution in [-0.2, 0) is 16.1 Å². The number of carbonyl (C=O) groups is 2. The van der Waals surface area contributed by atoms with Crippen molar-refractivity contribution in [3.63, 3.8) is 0 Å². The van der Waals surface area contributed by atoms with E-state index in [4.69, 9.17) is 9.47 Å². The molecular formula is C19H26N2O4. The molecule has 25 heavy (non-hydrogen) atoms. The van der Waals surface area contributed by atoms with Gasteiger partial charge in [-0.2, -0.15) is 0 Å². The van der Waals surface area contributed by atoms with Crippen LogP contribution in [0.1, 0.15) is 50.5 Å². The lowest BCUT2D eigenvalue weighted by Gasteiger charge is -2.45. The number of carbonyl (C=O) groups excluding carboxylic acids is 2. The maximum Gasteiger partial charge on any atom is 0.410 e. The number of nitrogens with zero attached hydrogens (tertiary/aromatic N) is 2. The van der Waals surface area contributed by atoms with Crippen LogP contribution in [-0.4, -0.2) is 47.7 Å². The Labute approximate surface area is 148 Å². The summed E-state index contributed by atoms with van der Waals surface area (Å²) >= 11 is 0. The van der Waals surface area contributed by atoms with Crippen molar-refractivity contribution in [3.05, 3.63) is 29.3 Å². The molecule has 1 aromatic carbocycles. The number of amides is 1. The third-order valence-corrected chi connectivity index (χ3v) is 4.56. The summed E-state index contributed by atoms with van der Waals surface area (Å²) in [6.07, 6.45) is -0.264. The van der Waals surface area contributed by atoms with Gasteiger partial charge in [-0.3, -0.25) is 4.90 Å². The summed E-state index contributed by atoms with van der Waals surface area (Å²) < 4.78 is 10.6. The van der Waals surface area contributed by atoms with Gasteiger partial charge in [-0.15, -0.1) is 0 Å². The third-order valence-electron chi connectivity index (χ3n) is 4.56. The molecule has 0 radical (unpaired) electrons. The van der Waals surface area contributed by atoms with Crippen molar-refractivity contribution in [2.45, 2.75) is 58.9 Å². The molecule has 3 rings (SSSR count). The average molecular weight is 346 g/mol. The maximum absolute atomic E-state index is 12.5. The smallest absolute Gasteiger partial charge is 0.410 e. The van der Waals surface area contributed by atoms with Gasteiger partial charge in [-0.05, 0) is 52.8 Å². The monoisotopic (exact) mass is 346 g/mol. The SMILES string of the molecule is CC1CN(c2ccc3c(c2)COC3=O)CC(C)N1C(=O)OC(C)(C)C. The Balaban J connectivity index is 1.74. The van der Waals surface area contributed by atoms with Crippen molar-refractivity contribution < 1.29 is 19.1 Å². The zero-order valence-corrected chi connectivity index (χ0v) is 15.5. The number of ether oxygens (including phenoxy) is 2. The second kappa shape index (κ2) is 6.24. The average Bonchev–Trinajstić information content (AvgIpc) is 2.85. The van der Waals surface area contributed by atoms with Crippen molar-refractivity contribution in [2.24, 2.45) is 0 Å². The lowest BCUT2D eigenvalue weighted by molar-refractivity contribution is 0.00564. The highest BCUT2D eigenvalue weighted by Gasteiger charge is 2.36. The molecule has 6 nitrogen and oxygen atoms in total. The predicted octanol–water partition coefficient (Wildman–Crippen LogP) is 3.19. The molecular weight excluding hydrogens is 320 g/mol. The van der Waals surface area contributed by atoms with Gasteiger partial charge in [0.2, 0.25) is 0 Å². The van der Waals surface area contributed by atoms with Gasteiger partial charge in [-0.25, -0.2) is 9.59 Å². The van der Waals surface area contributed by atoms with Crippen LogP contribution in [0.3, 0.4) is 0 Å². The number of anilines is 1. The van der Waals surface area contributed by atoms with E-state index in [9.17, 15) is 9.59 Å². The minimum absolute atomic E-state index is 0.0322. The minimum Gasteiger partial charge on any atom is -0.457 e. The van der Waals surface area contributed by atoms with Gasteiger partial charge >= 0.3 is 12.1 Å². The first-order chi connectivity index (χ1) is 11.7. The van der Waals surface area contributed by atoms with Crippen molar-refractivity contribution in [1.82, 2.24) is 4.90 Å². The lowest BCUT2D eigenvalue weighted by atomic mass is 10.0. The quantitative estimate of drug-likeness (QED) is 0.731. The molecule has 0 aromatic heterocycles. The highest BCUT2D eigenvalue weighted by Crippen LogP contribution is 2.29. The van der Waals surface area contributed by atoms with E-state index in [2.05, 4.69) is 4.90 Å². The zero-order valence-electron chi connectivity index (χ0n) is 15.5. The summed E-state index contributed by atoms with van der Waals surface area (Å²) in [5.74, 6) is -0.252. The van der Waals surface area contributed by atoms with Crippen molar-refractivity contribution >= 4 is 17.7 Å². The second-order valence-electron chi connectivity index (χ2n) is 7.91. The molecule has 2 aliphatic heterocycles. The molecule has 1 amide bonds. The summed E-state index contributed by atoms with van der Waals surface area (Å²) in [5, 5.41) is 0. The van der Waals surface area contributed by atoms with Crippen molar-refractivity contribution in [3.8, 4) is 0 Å². The van der Waals surface area contributed by atoms with Gasteiger partial charge in [0.25, 0.3) is 0 Å². The fraction of sp³-hybridized carbons (Fsp3) is 0.579. The molecule has 0 N–H and O–H groups in total. The van der Waals surface area contributed by atoms with E-state index in [0.717, 1.165) is 24.3 Å². The fourth-order valence-electron chi connectivity index (χ4n) is 3.52. The Morgan fingerprint density at radius 3 is 2.44 bits per heavy atom. The van der Waals surface area contributed by atoms with Crippen LogP contribution in [0.4, 0.5) is 10.5 Å². The molecule has 1 aromatic rings. The van der Waals surface area contributed by atoms with Crippen LogP contribution >= 0.6 is 0 Å². The number of cyclic esters (lactones) is 1. The highest BCUT2D eigenvalue weighted by molar-refractivity contribution is 5.93. The molecule has 1 fully saturated rings. The molecule has 2 heterocycles. The molecule has 0 spiro atoms. The van der Waals surface area contributed by atoms with Gasteiger partial charge in [0.1, 0.15) is 12.2 Å². The summed E-state index contributed by atoms with van der Waals surface area (Å²) in [7, 11) is 0. The molecule has 0 aliphatic carbocycles. The van der Waals surface area contributed by atoms with Crippen molar-refractivity contribution in [2.75, 3.05) is 18.0 Å². The highest BCUT2D eigenvalue weighted by atomic mass is 16.6. The van der Waals surface area contributed by atoms with E-state index >= 15 is 0 Å². The normalized spacial score (nSPS) is 23.3. The van der Waals surface area contributed by atoms with E-state index < -0.39 is 5.60 Å². The van der Waals surface area contributed by atoms with Crippen LogP contribution < -0.4 is 4.90 Å². The third kappa shape index (κ3) is 3.57. The first-order valence-electron chi connectivity index (χ1n) is 8.72. The van der Waals surface area contributed by atoms with E-state index in [1.165, 1.54) is 0 Å². The largest absolute Gasteiger partial charge is 0.457 e. The van der Waals surface area contributed by atoms with E-state index in [0.29, 0.717) is 12.2 Å². The maximum atomic E-state index is 12.5.